The number of hydrogen-bond donors (Lipinski definition) is 1. The first-order chi connectivity index (χ1) is 9.32. The summed E-state index contributed by atoms with van der Waals surface area (Å²) in [4.78, 5) is 2.10. The Balaban J connectivity index is 2.53. The van der Waals surface area contributed by atoms with E-state index in [-0.39, 0.29) is 6.04 Å². The second-order valence-electron chi connectivity index (χ2n) is 5.27. The van der Waals surface area contributed by atoms with Gasteiger partial charge in [0.2, 0.25) is 0 Å². The molecular formula is C15H23F3N2. The predicted molar refractivity (Wildman–Crippen MR) is 75.6 cm³/mol. The Morgan fingerprint density at radius 2 is 1.80 bits per heavy atom. The molecule has 0 aliphatic carbocycles. The third-order valence-electron chi connectivity index (χ3n) is 3.22. The maximum Gasteiger partial charge on any atom is 0.416 e. The molecule has 114 valence electrons. The molecule has 0 aliphatic rings. The Labute approximate surface area is 119 Å². The number of benzene rings is 1. The molecular weight excluding hydrogens is 265 g/mol. The summed E-state index contributed by atoms with van der Waals surface area (Å²) in [6.07, 6.45) is -2.30. The number of rotatable bonds is 7. The van der Waals surface area contributed by atoms with E-state index in [0.29, 0.717) is 5.56 Å². The topological polar surface area (TPSA) is 15.3 Å². The van der Waals surface area contributed by atoms with Gasteiger partial charge in [-0.15, -0.1) is 0 Å². The van der Waals surface area contributed by atoms with Crippen molar-refractivity contribution in [1.82, 2.24) is 10.2 Å². The van der Waals surface area contributed by atoms with Crippen molar-refractivity contribution in [3.05, 3.63) is 35.4 Å². The summed E-state index contributed by atoms with van der Waals surface area (Å²) in [6, 6.07) is 5.46. The van der Waals surface area contributed by atoms with Crippen molar-refractivity contribution in [2.24, 2.45) is 0 Å². The van der Waals surface area contributed by atoms with Crippen LogP contribution in [-0.2, 0) is 6.18 Å². The molecule has 1 N–H and O–H groups in total. The number of nitrogens with zero attached hydrogens (tertiary/aromatic N) is 1. The zero-order chi connectivity index (χ0) is 15.2. The summed E-state index contributed by atoms with van der Waals surface area (Å²) in [6.45, 7) is 3.49. The number of alkyl halides is 3. The Kier molecular flexibility index (Phi) is 6.49. The Morgan fingerprint density at radius 1 is 1.15 bits per heavy atom. The van der Waals surface area contributed by atoms with E-state index in [4.69, 9.17) is 0 Å². The Morgan fingerprint density at radius 3 is 2.40 bits per heavy atom. The van der Waals surface area contributed by atoms with Crippen LogP contribution in [0.4, 0.5) is 13.2 Å². The highest BCUT2D eigenvalue weighted by Gasteiger charge is 2.33. The second-order valence-corrected chi connectivity index (χ2v) is 5.27. The maximum atomic E-state index is 12.9. The molecule has 0 bridgehead atoms. The van der Waals surface area contributed by atoms with Crippen molar-refractivity contribution in [2.45, 2.75) is 32.0 Å². The molecule has 20 heavy (non-hydrogen) atoms. The van der Waals surface area contributed by atoms with E-state index in [1.165, 1.54) is 6.07 Å². The van der Waals surface area contributed by atoms with Gasteiger partial charge in [0.05, 0.1) is 5.56 Å². The highest BCUT2D eigenvalue weighted by atomic mass is 19.4. The normalized spacial score (nSPS) is 13.8. The van der Waals surface area contributed by atoms with E-state index in [1.807, 2.05) is 14.1 Å². The molecule has 0 saturated carbocycles. The van der Waals surface area contributed by atoms with Crippen LogP contribution in [0.5, 0.6) is 0 Å². The molecule has 1 aromatic rings. The zero-order valence-electron chi connectivity index (χ0n) is 12.3. The summed E-state index contributed by atoms with van der Waals surface area (Å²) in [5.74, 6) is 0. The number of nitrogens with one attached hydrogen (secondary N) is 1. The van der Waals surface area contributed by atoms with E-state index in [1.54, 1.807) is 19.1 Å². The van der Waals surface area contributed by atoms with Crippen LogP contribution in [0, 0.1) is 0 Å². The molecule has 0 saturated heterocycles. The second kappa shape index (κ2) is 7.64. The van der Waals surface area contributed by atoms with Crippen molar-refractivity contribution < 1.29 is 13.2 Å². The molecule has 1 aromatic carbocycles. The molecule has 1 unspecified atom stereocenters. The van der Waals surface area contributed by atoms with Crippen molar-refractivity contribution in [1.29, 1.82) is 0 Å². The van der Waals surface area contributed by atoms with Gasteiger partial charge in [0.1, 0.15) is 0 Å². The van der Waals surface area contributed by atoms with Gasteiger partial charge in [-0.3, -0.25) is 0 Å². The van der Waals surface area contributed by atoms with Crippen LogP contribution >= 0.6 is 0 Å². The highest BCUT2D eigenvalue weighted by Crippen LogP contribution is 2.34. The highest BCUT2D eigenvalue weighted by molar-refractivity contribution is 5.31. The lowest BCUT2D eigenvalue weighted by molar-refractivity contribution is -0.138. The Bertz CT molecular complexity index is 402. The smallest absolute Gasteiger partial charge is 0.310 e. The molecule has 0 aromatic heterocycles. The largest absolute Gasteiger partial charge is 0.416 e. The van der Waals surface area contributed by atoms with Gasteiger partial charge in [0, 0.05) is 6.04 Å². The van der Waals surface area contributed by atoms with Crippen LogP contribution in [0.25, 0.3) is 0 Å². The van der Waals surface area contributed by atoms with E-state index >= 15 is 0 Å². The van der Waals surface area contributed by atoms with Gasteiger partial charge >= 0.3 is 6.18 Å². The van der Waals surface area contributed by atoms with Crippen molar-refractivity contribution in [3.8, 4) is 0 Å². The minimum absolute atomic E-state index is 0.299. The van der Waals surface area contributed by atoms with Gasteiger partial charge in [-0.05, 0) is 58.6 Å². The van der Waals surface area contributed by atoms with Crippen molar-refractivity contribution in [2.75, 3.05) is 27.2 Å². The number of halogens is 3. The Hall–Kier alpha value is -1.07. The fraction of sp³-hybridized carbons (Fsp3) is 0.600. The predicted octanol–water partition coefficient (Wildman–Crippen LogP) is 3.70. The molecule has 1 rings (SSSR count). The molecule has 2 nitrogen and oxygen atoms in total. The maximum absolute atomic E-state index is 12.9. The first kappa shape index (κ1) is 17.0. The van der Waals surface area contributed by atoms with Gasteiger partial charge in [0.25, 0.3) is 0 Å². The first-order valence-corrected chi connectivity index (χ1v) is 6.86. The van der Waals surface area contributed by atoms with Crippen LogP contribution in [0.3, 0.4) is 0 Å². The van der Waals surface area contributed by atoms with Crippen LogP contribution in [-0.4, -0.2) is 32.1 Å². The van der Waals surface area contributed by atoms with Gasteiger partial charge in [-0.25, -0.2) is 0 Å². The standard InChI is InChI=1S/C15H23F3N2/c1-12(19-10-6-7-11-20(2)3)13-8-4-5-9-14(13)15(16,17)18/h4-5,8-9,12,19H,6-7,10-11H2,1-3H3. The fourth-order valence-electron chi connectivity index (χ4n) is 2.11. The first-order valence-electron chi connectivity index (χ1n) is 6.86. The van der Waals surface area contributed by atoms with E-state index in [2.05, 4.69) is 10.2 Å². The van der Waals surface area contributed by atoms with E-state index < -0.39 is 11.7 Å². The molecule has 0 radical (unpaired) electrons. The summed E-state index contributed by atoms with van der Waals surface area (Å²) in [5.41, 5.74) is -0.235. The van der Waals surface area contributed by atoms with Crippen LogP contribution < -0.4 is 5.32 Å². The third-order valence-corrected chi connectivity index (χ3v) is 3.22. The molecule has 0 fully saturated rings. The molecule has 1 atom stereocenters. The lowest BCUT2D eigenvalue weighted by atomic mass is 10.0. The van der Waals surface area contributed by atoms with E-state index in [9.17, 15) is 13.2 Å². The number of hydrogen-bond acceptors (Lipinski definition) is 2. The van der Waals surface area contributed by atoms with Gasteiger partial charge in [-0.1, -0.05) is 18.2 Å². The number of unbranched alkanes of at least 4 members (excludes halogenated alkanes) is 1. The summed E-state index contributed by atoms with van der Waals surface area (Å²) < 4.78 is 38.7. The third kappa shape index (κ3) is 5.51. The summed E-state index contributed by atoms with van der Waals surface area (Å²) in [7, 11) is 4.02. The molecule has 0 heterocycles. The monoisotopic (exact) mass is 288 g/mol. The SMILES string of the molecule is CC(NCCCCN(C)C)c1ccccc1C(F)(F)F. The van der Waals surface area contributed by atoms with Crippen LogP contribution in [0.1, 0.15) is 36.9 Å². The fourth-order valence-corrected chi connectivity index (χ4v) is 2.11. The van der Waals surface area contributed by atoms with Crippen LogP contribution in [0.2, 0.25) is 0 Å². The molecule has 0 amide bonds. The molecule has 5 heteroatoms. The van der Waals surface area contributed by atoms with Gasteiger partial charge in [0.15, 0.2) is 0 Å². The van der Waals surface area contributed by atoms with E-state index in [0.717, 1.165) is 32.0 Å². The average molecular weight is 288 g/mol. The summed E-state index contributed by atoms with van der Waals surface area (Å²) >= 11 is 0. The lowest BCUT2D eigenvalue weighted by Gasteiger charge is -2.19. The minimum atomic E-state index is -4.29. The summed E-state index contributed by atoms with van der Waals surface area (Å²) in [5, 5.41) is 3.17. The minimum Gasteiger partial charge on any atom is -0.310 e. The average Bonchev–Trinajstić information content (AvgIpc) is 2.36. The van der Waals surface area contributed by atoms with Gasteiger partial charge < -0.3 is 10.2 Å². The van der Waals surface area contributed by atoms with Crippen molar-refractivity contribution in [3.63, 3.8) is 0 Å². The quantitative estimate of drug-likeness (QED) is 0.770. The van der Waals surface area contributed by atoms with Crippen molar-refractivity contribution >= 4 is 0 Å². The lowest BCUT2D eigenvalue weighted by Crippen LogP contribution is -2.23. The molecule has 0 aliphatic heterocycles. The van der Waals surface area contributed by atoms with Gasteiger partial charge in [-0.2, -0.15) is 13.2 Å². The molecule has 0 spiro atoms. The van der Waals surface area contributed by atoms with Crippen LogP contribution in [0.15, 0.2) is 24.3 Å². The zero-order valence-corrected chi connectivity index (χ0v) is 12.3.